The molecule has 6 heteroatoms. The lowest BCUT2D eigenvalue weighted by Crippen LogP contribution is -2.40. The molecule has 0 aliphatic carbocycles. The summed E-state index contributed by atoms with van der Waals surface area (Å²) in [6, 6.07) is 3.07. The lowest BCUT2D eigenvalue weighted by Gasteiger charge is -2.01. The van der Waals surface area contributed by atoms with Crippen molar-refractivity contribution in [3.05, 3.63) is 22.6 Å². The molecule has 2 N–H and O–H groups in total. The summed E-state index contributed by atoms with van der Waals surface area (Å²) in [4.78, 5) is 21.5. The van der Waals surface area contributed by atoms with Gasteiger partial charge in [0.1, 0.15) is 0 Å². The second-order valence-corrected chi connectivity index (χ2v) is 3.02. The van der Waals surface area contributed by atoms with E-state index in [9.17, 15) is 9.59 Å². The smallest absolute Gasteiger partial charge is 0.305 e. The van der Waals surface area contributed by atoms with Crippen LogP contribution in [0.5, 0.6) is 0 Å². The Morgan fingerprint density at radius 3 is 2.54 bits per heavy atom. The van der Waals surface area contributed by atoms with Gasteiger partial charge in [-0.2, -0.15) is 0 Å². The fourth-order valence-electron chi connectivity index (χ4n) is 0.643. The van der Waals surface area contributed by atoms with Gasteiger partial charge in [0.25, 0.3) is 0 Å². The minimum absolute atomic E-state index is 0.126. The van der Waals surface area contributed by atoms with Crippen LogP contribution in [0, 0.1) is 0 Å². The first-order chi connectivity index (χ1) is 6.09. The highest BCUT2D eigenvalue weighted by Crippen LogP contribution is 2.13. The molecular weight excluding hydrogens is 240 g/mol. The first-order valence-corrected chi connectivity index (χ1v) is 4.21. The van der Waals surface area contributed by atoms with Crippen LogP contribution >= 0.6 is 15.9 Å². The number of halogens is 1. The van der Waals surface area contributed by atoms with Gasteiger partial charge < -0.3 is 4.42 Å². The van der Waals surface area contributed by atoms with E-state index in [4.69, 9.17) is 4.42 Å². The molecule has 13 heavy (non-hydrogen) atoms. The summed E-state index contributed by atoms with van der Waals surface area (Å²) in [5, 5.41) is 0. The van der Waals surface area contributed by atoms with Crippen molar-refractivity contribution in [3.63, 3.8) is 0 Å². The summed E-state index contributed by atoms with van der Waals surface area (Å²) in [6.45, 7) is 1.29. The molecule has 0 bridgehead atoms. The number of hydrogen-bond acceptors (Lipinski definition) is 3. The van der Waals surface area contributed by atoms with Crippen molar-refractivity contribution in [2.45, 2.75) is 6.92 Å². The molecule has 0 saturated carbocycles. The Morgan fingerprint density at radius 1 is 1.38 bits per heavy atom. The van der Waals surface area contributed by atoms with Gasteiger partial charge in [0, 0.05) is 6.92 Å². The number of hydrazine groups is 1. The topological polar surface area (TPSA) is 71.3 Å². The van der Waals surface area contributed by atoms with Crippen LogP contribution in [0.15, 0.2) is 21.2 Å². The lowest BCUT2D eigenvalue weighted by atomic mass is 10.4. The zero-order chi connectivity index (χ0) is 9.84. The largest absolute Gasteiger partial charge is 0.444 e. The highest BCUT2D eigenvalue weighted by atomic mass is 79.9. The van der Waals surface area contributed by atoms with Gasteiger partial charge in [-0.15, -0.1) is 0 Å². The summed E-state index contributed by atoms with van der Waals surface area (Å²) in [5.41, 5.74) is 4.30. The van der Waals surface area contributed by atoms with E-state index in [0.29, 0.717) is 4.67 Å². The minimum Gasteiger partial charge on any atom is -0.444 e. The lowest BCUT2D eigenvalue weighted by molar-refractivity contribution is -0.119. The molecule has 0 aromatic carbocycles. The number of carbonyl (C=O) groups excluding carboxylic acids is 2. The maximum Gasteiger partial charge on any atom is 0.305 e. The molecule has 2 amide bonds. The van der Waals surface area contributed by atoms with Gasteiger partial charge in [0.2, 0.25) is 5.91 Å². The van der Waals surface area contributed by atoms with Gasteiger partial charge in [-0.05, 0) is 28.1 Å². The molecule has 0 fully saturated rings. The van der Waals surface area contributed by atoms with E-state index in [0.717, 1.165) is 0 Å². The van der Waals surface area contributed by atoms with Crippen LogP contribution in [-0.4, -0.2) is 11.8 Å². The molecule has 0 radical (unpaired) electrons. The Morgan fingerprint density at radius 2 is 2.08 bits per heavy atom. The van der Waals surface area contributed by atoms with Crippen LogP contribution in [0.25, 0.3) is 0 Å². The molecule has 1 aromatic heterocycles. The molecule has 0 aliphatic rings. The summed E-state index contributed by atoms with van der Waals surface area (Å²) in [7, 11) is 0. The Hall–Kier alpha value is -1.30. The van der Waals surface area contributed by atoms with Gasteiger partial charge in [-0.3, -0.25) is 20.4 Å². The number of rotatable bonds is 1. The van der Waals surface area contributed by atoms with Crippen LogP contribution in [0.1, 0.15) is 17.5 Å². The molecular formula is C7H7BrN2O3. The van der Waals surface area contributed by atoms with Crippen LogP contribution in [-0.2, 0) is 4.79 Å². The van der Waals surface area contributed by atoms with E-state index >= 15 is 0 Å². The summed E-state index contributed by atoms with van der Waals surface area (Å²) in [5.74, 6) is -0.722. The predicted octanol–water partition coefficient (Wildman–Crippen LogP) is 0.823. The zero-order valence-electron chi connectivity index (χ0n) is 6.76. The molecule has 70 valence electrons. The van der Waals surface area contributed by atoms with Crippen molar-refractivity contribution in [2.24, 2.45) is 0 Å². The van der Waals surface area contributed by atoms with E-state index in [1.807, 2.05) is 0 Å². The Labute approximate surface area is 82.6 Å². The van der Waals surface area contributed by atoms with Crippen LogP contribution in [0.4, 0.5) is 0 Å². The number of amides is 2. The van der Waals surface area contributed by atoms with E-state index < -0.39 is 5.91 Å². The van der Waals surface area contributed by atoms with Crippen LogP contribution < -0.4 is 10.9 Å². The molecule has 0 saturated heterocycles. The maximum absolute atomic E-state index is 11.1. The molecule has 0 atom stereocenters. The van der Waals surface area contributed by atoms with Crippen molar-refractivity contribution < 1.29 is 14.0 Å². The van der Waals surface area contributed by atoms with Crippen molar-refractivity contribution in [1.29, 1.82) is 0 Å². The average Bonchev–Trinajstić information content (AvgIpc) is 2.47. The van der Waals surface area contributed by atoms with Crippen molar-refractivity contribution in [3.8, 4) is 0 Å². The fraction of sp³-hybridized carbons (Fsp3) is 0.143. The normalized spacial score (nSPS) is 9.38. The third-order valence-electron chi connectivity index (χ3n) is 1.15. The first-order valence-electron chi connectivity index (χ1n) is 3.42. The van der Waals surface area contributed by atoms with Crippen LogP contribution in [0.3, 0.4) is 0 Å². The van der Waals surface area contributed by atoms with Gasteiger partial charge >= 0.3 is 5.91 Å². The van der Waals surface area contributed by atoms with Gasteiger partial charge in [0.05, 0.1) is 0 Å². The van der Waals surface area contributed by atoms with E-state index in [1.54, 1.807) is 6.07 Å². The molecule has 1 rings (SSSR count). The molecule has 5 nitrogen and oxygen atoms in total. The highest BCUT2D eigenvalue weighted by Gasteiger charge is 2.09. The number of hydrogen-bond donors (Lipinski definition) is 2. The van der Waals surface area contributed by atoms with E-state index in [-0.39, 0.29) is 11.7 Å². The molecule has 0 spiro atoms. The predicted molar refractivity (Wildman–Crippen MR) is 47.7 cm³/mol. The second kappa shape index (κ2) is 4.08. The highest BCUT2D eigenvalue weighted by molar-refractivity contribution is 9.10. The van der Waals surface area contributed by atoms with E-state index in [2.05, 4.69) is 26.8 Å². The SMILES string of the molecule is CC(=O)NNC(=O)c1ccc(Br)o1. The Kier molecular flexibility index (Phi) is 3.07. The average molecular weight is 247 g/mol. The number of carbonyl (C=O) groups is 2. The standard InChI is InChI=1S/C7H7BrN2O3/c1-4(11)9-10-7(12)5-2-3-6(8)13-5/h2-3H,1H3,(H,9,11)(H,10,12). The third-order valence-corrected chi connectivity index (χ3v) is 1.58. The summed E-state index contributed by atoms with van der Waals surface area (Å²) < 4.78 is 5.39. The first kappa shape index (κ1) is 9.79. The molecule has 0 aliphatic heterocycles. The molecule has 1 aromatic rings. The monoisotopic (exact) mass is 246 g/mol. The number of furan rings is 1. The minimum atomic E-state index is -0.499. The van der Waals surface area contributed by atoms with Crippen molar-refractivity contribution >= 4 is 27.7 Å². The number of nitrogens with one attached hydrogen (secondary N) is 2. The quantitative estimate of drug-likeness (QED) is 0.722. The Bertz CT molecular complexity index is 334. The van der Waals surface area contributed by atoms with Crippen molar-refractivity contribution in [2.75, 3.05) is 0 Å². The van der Waals surface area contributed by atoms with Gasteiger partial charge in [0.15, 0.2) is 10.4 Å². The summed E-state index contributed by atoms with van der Waals surface area (Å²) in [6.07, 6.45) is 0. The molecule has 0 unspecified atom stereocenters. The van der Waals surface area contributed by atoms with Gasteiger partial charge in [-0.1, -0.05) is 0 Å². The molecule has 1 heterocycles. The van der Waals surface area contributed by atoms with Crippen molar-refractivity contribution in [1.82, 2.24) is 10.9 Å². The Balaban J connectivity index is 2.54. The maximum atomic E-state index is 11.1. The van der Waals surface area contributed by atoms with E-state index in [1.165, 1.54) is 13.0 Å². The van der Waals surface area contributed by atoms with Crippen LogP contribution in [0.2, 0.25) is 0 Å². The zero-order valence-corrected chi connectivity index (χ0v) is 8.34. The second-order valence-electron chi connectivity index (χ2n) is 2.24. The summed E-state index contributed by atoms with van der Waals surface area (Å²) >= 11 is 3.05. The fourth-order valence-corrected chi connectivity index (χ4v) is 0.949. The van der Waals surface area contributed by atoms with Gasteiger partial charge in [-0.25, -0.2) is 0 Å². The third kappa shape index (κ3) is 2.90.